The van der Waals surface area contributed by atoms with E-state index in [1.807, 2.05) is 0 Å². The molecule has 0 fully saturated rings. The number of esters is 1. The molecule has 2 N–H and O–H groups in total. The predicted octanol–water partition coefficient (Wildman–Crippen LogP) is 2.00. The smallest absolute Gasteiger partial charge is 0.347 e. The van der Waals surface area contributed by atoms with Gasteiger partial charge in [0.2, 0.25) is 0 Å². The van der Waals surface area contributed by atoms with Gasteiger partial charge in [-0.2, -0.15) is 0 Å². The Balaban J connectivity index is 2.81. The van der Waals surface area contributed by atoms with Crippen LogP contribution in [-0.2, 0) is 16.1 Å². The standard InChI is InChI=1S/C13H18FNO3/c1-3-12(13(16)17-4-2)18-11-6-9(8-15)5-10(14)7-11/h5-7,12H,3-4,8,15H2,1-2H3. The van der Waals surface area contributed by atoms with Crippen molar-refractivity contribution in [2.24, 2.45) is 5.73 Å². The Hall–Kier alpha value is -1.62. The highest BCUT2D eigenvalue weighted by Gasteiger charge is 2.19. The maximum absolute atomic E-state index is 13.3. The molecule has 5 heteroatoms. The molecule has 0 spiro atoms. The van der Waals surface area contributed by atoms with E-state index >= 15 is 0 Å². The quantitative estimate of drug-likeness (QED) is 0.790. The Morgan fingerprint density at radius 2 is 2.11 bits per heavy atom. The minimum Gasteiger partial charge on any atom is -0.479 e. The van der Waals surface area contributed by atoms with Crippen LogP contribution in [0.5, 0.6) is 5.75 Å². The second kappa shape index (κ2) is 6.96. The SMILES string of the molecule is CCOC(=O)C(CC)Oc1cc(F)cc(CN)c1. The van der Waals surface area contributed by atoms with Gasteiger partial charge in [0.15, 0.2) is 6.10 Å². The number of halogens is 1. The molecule has 18 heavy (non-hydrogen) atoms. The van der Waals surface area contributed by atoms with Gasteiger partial charge in [-0.05, 0) is 31.0 Å². The largest absolute Gasteiger partial charge is 0.479 e. The molecule has 0 aliphatic heterocycles. The zero-order valence-electron chi connectivity index (χ0n) is 10.6. The Morgan fingerprint density at radius 1 is 1.39 bits per heavy atom. The first-order valence-corrected chi connectivity index (χ1v) is 5.93. The van der Waals surface area contributed by atoms with Crippen molar-refractivity contribution in [3.8, 4) is 5.75 Å². The molecule has 0 aliphatic carbocycles. The van der Waals surface area contributed by atoms with Crippen molar-refractivity contribution in [3.05, 3.63) is 29.6 Å². The summed E-state index contributed by atoms with van der Waals surface area (Å²) in [4.78, 5) is 11.6. The first-order chi connectivity index (χ1) is 8.60. The van der Waals surface area contributed by atoms with E-state index in [1.54, 1.807) is 19.9 Å². The summed E-state index contributed by atoms with van der Waals surface area (Å²) in [5.74, 6) is -0.597. The molecule has 0 radical (unpaired) electrons. The molecular weight excluding hydrogens is 237 g/mol. The number of carbonyl (C=O) groups excluding carboxylic acids is 1. The van der Waals surface area contributed by atoms with Gasteiger partial charge >= 0.3 is 5.97 Å². The lowest BCUT2D eigenvalue weighted by molar-refractivity contribution is -0.151. The second-order valence-electron chi connectivity index (χ2n) is 3.77. The van der Waals surface area contributed by atoms with Crippen LogP contribution in [0.25, 0.3) is 0 Å². The Bertz CT molecular complexity index is 409. The molecule has 100 valence electrons. The average Bonchev–Trinajstić information content (AvgIpc) is 2.35. The highest BCUT2D eigenvalue weighted by atomic mass is 19.1. The van der Waals surface area contributed by atoms with Crippen molar-refractivity contribution in [1.29, 1.82) is 0 Å². The van der Waals surface area contributed by atoms with E-state index in [1.165, 1.54) is 12.1 Å². The zero-order valence-corrected chi connectivity index (χ0v) is 10.6. The normalized spacial score (nSPS) is 12.0. The number of carbonyl (C=O) groups is 1. The van der Waals surface area contributed by atoms with E-state index in [0.29, 0.717) is 12.0 Å². The molecular formula is C13H18FNO3. The van der Waals surface area contributed by atoms with E-state index in [2.05, 4.69) is 0 Å². The third-order valence-corrected chi connectivity index (χ3v) is 2.37. The number of ether oxygens (including phenoxy) is 2. The topological polar surface area (TPSA) is 61.5 Å². The predicted molar refractivity (Wildman–Crippen MR) is 65.6 cm³/mol. The van der Waals surface area contributed by atoms with Gasteiger partial charge in [0.25, 0.3) is 0 Å². The Morgan fingerprint density at radius 3 is 2.67 bits per heavy atom. The zero-order chi connectivity index (χ0) is 13.5. The van der Waals surface area contributed by atoms with Crippen LogP contribution in [0.1, 0.15) is 25.8 Å². The van der Waals surface area contributed by atoms with Crippen molar-refractivity contribution in [2.75, 3.05) is 6.61 Å². The number of rotatable bonds is 6. The fourth-order valence-electron chi connectivity index (χ4n) is 1.50. The summed E-state index contributed by atoms with van der Waals surface area (Å²) in [5, 5.41) is 0. The number of nitrogens with two attached hydrogens (primary N) is 1. The van der Waals surface area contributed by atoms with E-state index in [4.69, 9.17) is 15.2 Å². The lowest BCUT2D eigenvalue weighted by atomic mass is 10.2. The van der Waals surface area contributed by atoms with E-state index in [-0.39, 0.29) is 18.9 Å². The third kappa shape index (κ3) is 4.00. The van der Waals surface area contributed by atoms with Gasteiger partial charge < -0.3 is 15.2 Å². The first-order valence-electron chi connectivity index (χ1n) is 5.93. The van der Waals surface area contributed by atoms with E-state index < -0.39 is 17.9 Å². The van der Waals surface area contributed by atoms with Crippen LogP contribution >= 0.6 is 0 Å². The molecule has 1 aromatic rings. The summed E-state index contributed by atoms with van der Waals surface area (Å²) in [6.45, 7) is 4.02. The highest BCUT2D eigenvalue weighted by Crippen LogP contribution is 2.18. The van der Waals surface area contributed by atoms with Crippen molar-refractivity contribution in [1.82, 2.24) is 0 Å². The molecule has 1 aromatic carbocycles. The second-order valence-corrected chi connectivity index (χ2v) is 3.77. The highest BCUT2D eigenvalue weighted by molar-refractivity contribution is 5.75. The molecule has 1 unspecified atom stereocenters. The maximum atomic E-state index is 13.3. The molecule has 4 nitrogen and oxygen atoms in total. The van der Waals surface area contributed by atoms with Crippen molar-refractivity contribution in [2.45, 2.75) is 32.9 Å². The molecule has 1 atom stereocenters. The van der Waals surface area contributed by atoms with Crippen LogP contribution in [0.15, 0.2) is 18.2 Å². The van der Waals surface area contributed by atoms with Crippen LogP contribution in [0.3, 0.4) is 0 Å². The van der Waals surface area contributed by atoms with Crippen molar-refractivity contribution in [3.63, 3.8) is 0 Å². The van der Waals surface area contributed by atoms with Gasteiger partial charge in [0.1, 0.15) is 11.6 Å². The van der Waals surface area contributed by atoms with Gasteiger partial charge in [-0.1, -0.05) is 6.92 Å². The third-order valence-electron chi connectivity index (χ3n) is 2.37. The minimum atomic E-state index is -0.725. The Labute approximate surface area is 106 Å². The van der Waals surface area contributed by atoms with Crippen LogP contribution in [0, 0.1) is 5.82 Å². The maximum Gasteiger partial charge on any atom is 0.347 e. The van der Waals surface area contributed by atoms with Gasteiger partial charge in [-0.3, -0.25) is 0 Å². The lowest BCUT2D eigenvalue weighted by Gasteiger charge is -2.16. The molecule has 0 saturated heterocycles. The molecule has 0 aliphatic rings. The van der Waals surface area contributed by atoms with Crippen LogP contribution in [0.4, 0.5) is 4.39 Å². The van der Waals surface area contributed by atoms with Crippen LogP contribution < -0.4 is 10.5 Å². The van der Waals surface area contributed by atoms with Gasteiger partial charge in [-0.15, -0.1) is 0 Å². The first kappa shape index (κ1) is 14.4. The summed E-state index contributed by atoms with van der Waals surface area (Å²) >= 11 is 0. The van der Waals surface area contributed by atoms with Crippen LogP contribution in [-0.4, -0.2) is 18.7 Å². The fraction of sp³-hybridized carbons (Fsp3) is 0.462. The summed E-state index contributed by atoms with van der Waals surface area (Å²) in [5.41, 5.74) is 6.06. The summed E-state index contributed by atoms with van der Waals surface area (Å²) in [6, 6.07) is 4.17. The van der Waals surface area contributed by atoms with Crippen molar-refractivity contribution >= 4 is 5.97 Å². The molecule has 0 heterocycles. The number of hydrogen-bond acceptors (Lipinski definition) is 4. The summed E-state index contributed by atoms with van der Waals surface area (Å²) < 4.78 is 23.6. The fourth-order valence-corrected chi connectivity index (χ4v) is 1.50. The molecule has 0 bridgehead atoms. The molecule has 0 saturated carbocycles. The molecule has 0 amide bonds. The van der Waals surface area contributed by atoms with E-state index in [9.17, 15) is 9.18 Å². The van der Waals surface area contributed by atoms with Crippen molar-refractivity contribution < 1.29 is 18.7 Å². The van der Waals surface area contributed by atoms with E-state index in [0.717, 1.165) is 0 Å². The monoisotopic (exact) mass is 255 g/mol. The van der Waals surface area contributed by atoms with Gasteiger partial charge in [0.05, 0.1) is 6.61 Å². The Kier molecular flexibility index (Phi) is 5.58. The summed E-state index contributed by atoms with van der Waals surface area (Å²) in [6.07, 6.45) is -0.273. The average molecular weight is 255 g/mol. The number of benzene rings is 1. The lowest BCUT2D eigenvalue weighted by Crippen LogP contribution is -2.28. The summed E-state index contributed by atoms with van der Waals surface area (Å²) in [7, 11) is 0. The van der Waals surface area contributed by atoms with Crippen LogP contribution in [0.2, 0.25) is 0 Å². The number of hydrogen-bond donors (Lipinski definition) is 1. The van der Waals surface area contributed by atoms with Gasteiger partial charge in [-0.25, -0.2) is 9.18 Å². The minimum absolute atomic E-state index is 0.213. The molecule has 1 rings (SSSR count). The molecule has 0 aromatic heterocycles. The van der Waals surface area contributed by atoms with Gasteiger partial charge in [0, 0.05) is 12.6 Å².